The Bertz CT molecular complexity index is 591. The minimum absolute atomic E-state index is 0.240. The fourth-order valence-corrected chi connectivity index (χ4v) is 4.36. The zero-order valence-electron chi connectivity index (χ0n) is 13.5. The van der Waals surface area contributed by atoms with Crippen molar-refractivity contribution < 1.29 is 4.79 Å². The molecule has 0 radical (unpaired) electrons. The SMILES string of the molecule is Cc1ccc(C)c(CSC2=NCCN2C(=O)C2CCCC2)c1. The number of amidine groups is 1. The maximum atomic E-state index is 12.6. The van der Waals surface area contributed by atoms with E-state index in [4.69, 9.17) is 0 Å². The highest BCUT2D eigenvalue weighted by molar-refractivity contribution is 8.13. The predicted molar refractivity (Wildman–Crippen MR) is 93.2 cm³/mol. The zero-order valence-corrected chi connectivity index (χ0v) is 14.3. The normalized spacial score (nSPS) is 18.8. The number of hydrogen-bond donors (Lipinski definition) is 0. The molecule has 0 N–H and O–H groups in total. The van der Waals surface area contributed by atoms with Crippen LogP contribution >= 0.6 is 11.8 Å². The molecule has 1 aromatic carbocycles. The molecule has 118 valence electrons. The van der Waals surface area contributed by atoms with E-state index in [2.05, 4.69) is 37.0 Å². The third kappa shape index (κ3) is 3.37. The molecule has 1 aromatic rings. The Morgan fingerprint density at radius 2 is 2.09 bits per heavy atom. The molecule has 1 fully saturated rings. The number of amides is 1. The number of carbonyl (C=O) groups is 1. The van der Waals surface area contributed by atoms with Crippen LogP contribution in [-0.2, 0) is 10.5 Å². The van der Waals surface area contributed by atoms with Gasteiger partial charge >= 0.3 is 0 Å². The Labute approximate surface area is 137 Å². The second-order valence-corrected chi connectivity index (χ2v) is 7.30. The van der Waals surface area contributed by atoms with Gasteiger partial charge in [0.15, 0.2) is 5.17 Å². The maximum Gasteiger partial charge on any atom is 0.231 e. The van der Waals surface area contributed by atoms with E-state index < -0.39 is 0 Å². The summed E-state index contributed by atoms with van der Waals surface area (Å²) in [5.74, 6) is 1.44. The molecule has 1 saturated carbocycles. The molecule has 0 atom stereocenters. The van der Waals surface area contributed by atoms with Crippen molar-refractivity contribution in [2.45, 2.75) is 45.3 Å². The first-order valence-corrected chi connectivity index (χ1v) is 9.18. The van der Waals surface area contributed by atoms with Crippen molar-refractivity contribution >= 4 is 22.8 Å². The van der Waals surface area contributed by atoms with E-state index in [-0.39, 0.29) is 5.92 Å². The Morgan fingerprint density at radius 1 is 1.32 bits per heavy atom. The minimum Gasteiger partial charge on any atom is -0.289 e. The average Bonchev–Trinajstić information content (AvgIpc) is 3.18. The number of thioether (sulfide) groups is 1. The highest BCUT2D eigenvalue weighted by Crippen LogP contribution is 2.29. The number of hydrogen-bond acceptors (Lipinski definition) is 3. The fourth-order valence-electron chi connectivity index (χ4n) is 3.25. The van der Waals surface area contributed by atoms with Crippen molar-refractivity contribution in [1.82, 2.24) is 4.90 Å². The largest absolute Gasteiger partial charge is 0.289 e. The van der Waals surface area contributed by atoms with Gasteiger partial charge in [-0.05, 0) is 37.8 Å². The van der Waals surface area contributed by atoms with Crippen molar-refractivity contribution in [3.63, 3.8) is 0 Å². The lowest BCUT2D eigenvalue weighted by molar-refractivity contribution is -0.130. The van der Waals surface area contributed by atoms with Gasteiger partial charge in [0.05, 0.1) is 6.54 Å². The van der Waals surface area contributed by atoms with E-state index in [1.165, 1.54) is 29.5 Å². The summed E-state index contributed by atoms with van der Waals surface area (Å²) in [7, 11) is 0. The van der Waals surface area contributed by atoms with Crippen molar-refractivity contribution in [3.05, 3.63) is 34.9 Å². The number of rotatable bonds is 3. The second-order valence-electron chi connectivity index (χ2n) is 6.35. The summed E-state index contributed by atoms with van der Waals surface area (Å²) in [5, 5.41) is 0.929. The van der Waals surface area contributed by atoms with Crippen LogP contribution in [-0.4, -0.2) is 29.1 Å². The summed E-state index contributed by atoms with van der Waals surface area (Å²) in [6.45, 7) is 5.79. The third-order valence-electron chi connectivity index (χ3n) is 4.63. The topological polar surface area (TPSA) is 32.7 Å². The molecule has 0 unspecified atom stereocenters. The molecule has 0 bridgehead atoms. The standard InChI is InChI=1S/C18H24N2OS/c1-13-7-8-14(2)16(11-13)12-22-18-19-9-10-20(18)17(21)15-5-3-4-6-15/h7-8,11,15H,3-6,9-10,12H2,1-2H3. The van der Waals surface area contributed by atoms with Crippen LogP contribution in [0.5, 0.6) is 0 Å². The molecule has 0 saturated heterocycles. The molecule has 0 aromatic heterocycles. The van der Waals surface area contributed by atoms with Crippen LogP contribution < -0.4 is 0 Å². The molecule has 3 rings (SSSR count). The van der Waals surface area contributed by atoms with E-state index in [9.17, 15) is 4.79 Å². The average molecular weight is 316 g/mol. The van der Waals surface area contributed by atoms with Gasteiger partial charge in [0.1, 0.15) is 0 Å². The zero-order chi connectivity index (χ0) is 15.5. The lowest BCUT2D eigenvalue weighted by Gasteiger charge is -2.21. The van der Waals surface area contributed by atoms with Crippen LogP contribution in [0.25, 0.3) is 0 Å². The molecule has 1 heterocycles. The van der Waals surface area contributed by atoms with Gasteiger partial charge < -0.3 is 0 Å². The van der Waals surface area contributed by atoms with Gasteiger partial charge in [-0.15, -0.1) is 0 Å². The lowest BCUT2D eigenvalue weighted by Crippen LogP contribution is -2.36. The number of carbonyl (C=O) groups excluding carboxylic acids is 1. The number of aryl methyl sites for hydroxylation is 2. The summed E-state index contributed by atoms with van der Waals surface area (Å²) in [4.78, 5) is 19.1. The van der Waals surface area contributed by atoms with Crippen LogP contribution in [0.4, 0.5) is 0 Å². The maximum absolute atomic E-state index is 12.6. The molecular formula is C18H24N2OS. The first-order chi connectivity index (χ1) is 10.6. The Kier molecular flexibility index (Phi) is 4.87. The van der Waals surface area contributed by atoms with Crippen molar-refractivity contribution in [2.24, 2.45) is 10.9 Å². The highest BCUT2D eigenvalue weighted by Gasteiger charge is 2.31. The lowest BCUT2D eigenvalue weighted by atomic mass is 10.1. The van der Waals surface area contributed by atoms with Gasteiger partial charge in [-0.1, -0.05) is 48.4 Å². The first-order valence-electron chi connectivity index (χ1n) is 8.20. The van der Waals surface area contributed by atoms with Gasteiger partial charge in [0, 0.05) is 18.2 Å². The smallest absolute Gasteiger partial charge is 0.231 e. The molecule has 1 aliphatic heterocycles. The molecule has 1 aliphatic carbocycles. The van der Waals surface area contributed by atoms with Crippen LogP contribution in [0.3, 0.4) is 0 Å². The predicted octanol–water partition coefficient (Wildman–Crippen LogP) is 3.93. The van der Waals surface area contributed by atoms with Gasteiger partial charge in [-0.2, -0.15) is 0 Å². The summed E-state index contributed by atoms with van der Waals surface area (Å²) in [6.07, 6.45) is 4.52. The number of benzene rings is 1. The minimum atomic E-state index is 0.240. The summed E-state index contributed by atoms with van der Waals surface area (Å²) in [6, 6.07) is 6.55. The monoisotopic (exact) mass is 316 g/mol. The van der Waals surface area contributed by atoms with E-state index in [1.54, 1.807) is 11.8 Å². The summed E-state index contributed by atoms with van der Waals surface area (Å²) < 4.78 is 0. The van der Waals surface area contributed by atoms with Crippen LogP contribution in [0.1, 0.15) is 42.4 Å². The van der Waals surface area contributed by atoms with Crippen molar-refractivity contribution in [2.75, 3.05) is 13.1 Å². The van der Waals surface area contributed by atoms with Crippen LogP contribution in [0.15, 0.2) is 23.2 Å². The van der Waals surface area contributed by atoms with E-state index in [1.807, 2.05) is 4.90 Å². The first kappa shape index (κ1) is 15.6. The molecule has 22 heavy (non-hydrogen) atoms. The number of nitrogens with zero attached hydrogens (tertiary/aromatic N) is 2. The van der Waals surface area contributed by atoms with E-state index in [0.717, 1.165) is 36.9 Å². The van der Waals surface area contributed by atoms with E-state index in [0.29, 0.717) is 5.91 Å². The van der Waals surface area contributed by atoms with Crippen molar-refractivity contribution in [3.8, 4) is 0 Å². The van der Waals surface area contributed by atoms with E-state index >= 15 is 0 Å². The summed E-state index contributed by atoms with van der Waals surface area (Å²) in [5.41, 5.74) is 3.94. The van der Waals surface area contributed by atoms with Gasteiger partial charge in [-0.3, -0.25) is 14.7 Å². The number of aliphatic imine (C=N–C) groups is 1. The van der Waals surface area contributed by atoms with Gasteiger partial charge in [-0.25, -0.2) is 0 Å². The quantitative estimate of drug-likeness (QED) is 0.846. The Balaban J connectivity index is 1.64. The highest BCUT2D eigenvalue weighted by atomic mass is 32.2. The fraction of sp³-hybridized carbons (Fsp3) is 0.556. The molecule has 1 amide bonds. The Hall–Kier alpha value is -1.29. The molecule has 2 aliphatic rings. The van der Waals surface area contributed by atoms with Gasteiger partial charge in [0.25, 0.3) is 0 Å². The van der Waals surface area contributed by atoms with Gasteiger partial charge in [0.2, 0.25) is 5.91 Å². The van der Waals surface area contributed by atoms with Crippen molar-refractivity contribution in [1.29, 1.82) is 0 Å². The molecule has 3 nitrogen and oxygen atoms in total. The molecular weight excluding hydrogens is 292 g/mol. The Morgan fingerprint density at radius 3 is 2.86 bits per heavy atom. The summed E-state index contributed by atoms with van der Waals surface area (Å²) >= 11 is 1.71. The second kappa shape index (κ2) is 6.86. The molecule has 4 heteroatoms. The molecule has 0 spiro atoms. The third-order valence-corrected chi connectivity index (χ3v) is 5.70. The van der Waals surface area contributed by atoms with Crippen LogP contribution in [0, 0.1) is 19.8 Å². The van der Waals surface area contributed by atoms with Crippen LogP contribution in [0.2, 0.25) is 0 Å².